The fraction of sp³-hybridized carbons (Fsp3) is 0.200. The van der Waals surface area contributed by atoms with Gasteiger partial charge in [0.05, 0.1) is 42.4 Å². The summed E-state index contributed by atoms with van der Waals surface area (Å²) in [4.78, 5) is 4.10. The second kappa shape index (κ2) is 5.76. The van der Waals surface area contributed by atoms with Crippen molar-refractivity contribution in [1.82, 2.24) is 14.6 Å². The van der Waals surface area contributed by atoms with Gasteiger partial charge in [-0.25, -0.2) is 9.50 Å². The molecule has 114 valence electrons. The molecule has 0 spiro atoms. The van der Waals surface area contributed by atoms with Crippen LogP contribution in [0.1, 0.15) is 0 Å². The fourth-order valence-electron chi connectivity index (χ4n) is 2.23. The lowest BCUT2D eigenvalue weighted by atomic mass is 10.1. The van der Waals surface area contributed by atoms with Crippen LogP contribution < -0.4 is 9.47 Å². The zero-order valence-electron chi connectivity index (χ0n) is 12.4. The van der Waals surface area contributed by atoms with Gasteiger partial charge in [0.15, 0.2) is 0 Å². The molecule has 0 amide bonds. The van der Waals surface area contributed by atoms with Crippen LogP contribution in [0.4, 0.5) is 0 Å². The van der Waals surface area contributed by atoms with Gasteiger partial charge in [-0.3, -0.25) is 4.21 Å². The van der Waals surface area contributed by atoms with E-state index in [-0.39, 0.29) is 5.16 Å². The molecule has 0 aliphatic carbocycles. The number of ether oxygens (including phenoxy) is 2. The van der Waals surface area contributed by atoms with E-state index in [4.69, 9.17) is 9.47 Å². The Balaban J connectivity index is 2.21. The minimum atomic E-state index is -1.24. The molecule has 0 saturated heterocycles. The van der Waals surface area contributed by atoms with E-state index in [0.717, 1.165) is 16.8 Å². The highest BCUT2D eigenvalue weighted by molar-refractivity contribution is 7.84. The molecule has 0 bridgehead atoms. The summed E-state index contributed by atoms with van der Waals surface area (Å²) in [5.41, 5.74) is 2.53. The number of nitrogens with zero attached hydrogens (tertiary/aromatic N) is 3. The Morgan fingerprint density at radius 3 is 2.64 bits per heavy atom. The van der Waals surface area contributed by atoms with Crippen LogP contribution in [0.5, 0.6) is 11.5 Å². The van der Waals surface area contributed by atoms with E-state index in [1.165, 1.54) is 0 Å². The summed E-state index contributed by atoms with van der Waals surface area (Å²) in [5, 5.41) is 4.64. The van der Waals surface area contributed by atoms with E-state index in [1.807, 2.05) is 30.3 Å². The number of hydrogen-bond acceptors (Lipinski definition) is 5. The predicted molar refractivity (Wildman–Crippen MR) is 83.9 cm³/mol. The summed E-state index contributed by atoms with van der Waals surface area (Å²) in [6, 6.07) is 9.41. The lowest BCUT2D eigenvalue weighted by Gasteiger charge is -2.10. The third kappa shape index (κ3) is 2.43. The standard InChI is InChI=1S/C15H15N3O3S/c1-20-11-5-6-12(14(8-11)21-2)13-7-4-10-9-16-15(22(3)19)17-18(10)13/h4-9H,1-3H3. The highest BCUT2D eigenvalue weighted by Gasteiger charge is 2.13. The van der Waals surface area contributed by atoms with Gasteiger partial charge in [0.25, 0.3) is 0 Å². The summed E-state index contributed by atoms with van der Waals surface area (Å²) in [5.74, 6) is 1.39. The Labute approximate surface area is 130 Å². The van der Waals surface area contributed by atoms with Crippen molar-refractivity contribution in [2.24, 2.45) is 0 Å². The van der Waals surface area contributed by atoms with Crippen molar-refractivity contribution in [3.63, 3.8) is 0 Å². The van der Waals surface area contributed by atoms with Crippen LogP contribution in [-0.4, -0.2) is 39.3 Å². The normalized spacial score (nSPS) is 12.3. The number of benzene rings is 1. The molecular weight excluding hydrogens is 302 g/mol. The molecule has 0 fully saturated rings. The number of hydrogen-bond donors (Lipinski definition) is 0. The monoisotopic (exact) mass is 317 g/mol. The smallest absolute Gasteiger partial charge is 0.237 e. The maximum Gasteiger partial charge on any atom is 0.237 e. The van der Waals surface area contributed by atoms with Crippen molar-refractivity contribution in [2.45, 2.75) is 5.16 Å². The van der Waals surface area contributed by atoms with Gasteiger partial charge in [-0.05, 0) is 24.3 Å². The van der Waals surface area contributed by atoms with E-state index >= 15 is 0 Å². The van der Waals surface area contributed by atoms with Crippen LogP contribution in [0.2, 0.25) is 0 Å². The molecule has 0 aliphatic rings. The molecule has 22 heavy (non-hydrogen) atoms. The Morgan fingerprint density at radius 1 is 1.14 bits per heavy atom. The van der Waals surface area contributed by atoms with Gasteiger partial charge in [-0.1, -0.05) is 0 Å². The second-order valence-corrected chi connectivity index (χ2v) is 5.89. The van der Waals surface area contributed by atoms with Gasteiger partial charge >= 0.3 is 0 Å². The van der Waals surface area contributed by atoms with Crippen LogP contribution in [0.3, 0.4) is 0 Å². The molecule has 1 unspecified atom stereocenters. The Kier molecular flexibility index (Phi) is 3.81. The van der Waals surface area contributed by atoms with E-state index in [2.05, 4.69) is 10.1 Å². The lowest BCUT2D eigenvalue weighted by molar-refractivity contribution is 0.395. The van der Waals surface area contributed by atoms with Gasteiger partial charge in [-0.15, -0.1) is 5.10 Å². The molecule has 1 atom stereocenters. The maximum absolute atomic E-state index is 11.6. The molecule has 7 heteroatoms. The Morgan fingerprint density at radius 2 is 1.95 bits per heavy atom. The minimum Gasteiger partial charge on any atom is -0.497 e. The highest BCUT2D eigenvalue weighted by atomic mass is 32.2. The van der Waals surface area contributed by atoms with Crippen molar-refractivity contribution in [3.05, 3.63) is 36.5 Å². The van der Waals surface area contributed by atoms with Gasteiger partial charge < -0.3 is 9.47 Å². The lowest BCUT2D eigenvalue weighted by Crippen LogP contribution is -2.03. The maximum atomic E-state index is 11.6. The number of rotatable bonds is 4. The predicted octanol–water partition coefficient (Wildman–Crippen LogP) is 2.15. The van der Waals surface area contributed by atoms with E-state index in [1.54, 1.807) is 31.2 Å². The molecule has 0 saturated carbocycles. The SMILES string of the molecule is COc1ccc(-c2ccc3cnc(S(C)=O)nn23)c(OC)c1. The van der Waals surface area contributed by atoms with Crippen molar-refractivity contribution in [2.75, 3.05) is 20.5 Å². The summed E-state index contributed by atoms with van der Waals surface area (Å²) in [7, 11) is 1.97. The van der Waals surface area contributed by atoms with Crippen LogP contribution in [0.15, 0.2) is 41.7 Å². The van der Waals surface area contributed by atoms with Crippen molar-refractivity contribution in [1.29, 1.82) is 0 Å². The molecule has 3 aromatic rings. The van der Waals surface area contributed by atoms with Crippen molar-refractivity contribution >= 4 is 16.3 Å². The van der Waals surface area contributed by atoms with Gasteiger partial charge in [-0.2, -0.15) is 0 Å². The summed E-state index contributed by atoms with van der Waals surface area (Å²) in [6.45, 7) is 0. The Bertz CT molecular complexity index is 860. The molecule has 0 aliphatic heterocycles. The molecule has 3 rings (SSSR count). The summed E-state index contributed by atoms with van der Waals surface area (Å²) in [6.07, 6.45) is 3.21. The van der Waals surface area contributed by atoms with Crippen molar-refractivity contribution in [3.8, 4) is 22.8 Å². The third-order valence-electron chi connectivity index (χ3n) is 3.32. The molecule has 6 nitrogen and oxygen atoms in total. The third-order valence-corrected chi connectivity index (χ3v) is 4.02. The molecule has 2 heterocycles. The van der Waals surface area contributed by atoms with E-state index < -0.39 is 10.8 Å². The van der Waals surface area contributed by atoms with Crippen molar-refractivity contribution < 1.29 is 13.7 Å². The first-order chi connectivity index (χ1) is 10.6. The molecular formula is C15H15N3O3S. The van der Waals surface area contributed by atoms with E-state index in [9.17, 15) is 4.21 Å². The highest BCUT2D eigenvalue weighted by Crippen LogP contribution is 2.33. The fourth-order valence-corrected chi connectivity index (χ4v) is 2.63. The zero-order valence-corrected chi connectivity index (χ0v) is 13.3. The number of methoxy groups -OCH3 is 2. The molecule has 0 radical (unpaired) electrons. The molecule has 1 aromatic carbocycles. The van der Waals surface area contributed by atoms with E-state index in [0.29, 0.717) is 11.5 Å². The van der Waals surface area contributed by atoms with Gasteiger partial charge in [0.1, 0.15) is 11.5 Å². The molecule has 2 aromatic heterocycles. The minimum absolute atomic E-state index is 0.289. The summed E-state index contributed by atoms with van der Waals surface area (Å²) < 4.78 is 24.0. The number of fused-ring (bicyclic) bond motifs is 1. The van der Waals surface area contributed by atoms with Crippen LogP contribution >= 0.6 is 0 Å². The van der Waals surface area contributed by atoms with Gasteiger partial charge in [0, 0.05) is 17.9 Å². The first-order valence-corrected chi connectivity index (χ1v) is 8.10. The Hall–Kier alpha value is -2.41. The van der Waals surface area contributed by atoms with Crippen LogP contribution in [-0.2, 0) is 10.8 Å². The first kappa shape index (κ1) is 14.5. The largest absolute Gasteiger partial charge is 0.497 e. The quantitative estimate of drug-likeness (QED) is 0.737. The van der Waals surface area contributed by atoms with Crippen LogP contribution in [0, 0.1) is 0 Å². The summed E-state index contributed by atoms with van der Waals surface area (Å²) >= 11 is 0. The second-order valence-electron chi connectivity index (χ2n) is 4.62. The van der Waals surface area contributed by atoms with Gasteiger partial charge in [0.2, 0.25) is 5.16 Å². The van der Waals surface area contributed by atoms with Crippen LogP contribution in [0.25, 0.3) is 16.8 Å². The number of aromatic nitrogens is 3. The zero-order chi connectivity index (χ0) is 15.7. The first-order valence-electron chi connectivity index (χ1n) is 6.54. The average molecular weight is 317 g/mol. The molecule has 0 N–H and O–H groups in total. The average Bonchev–Trinajstić information content (AvgIpc) is 2.96. The topological polar surface area (TPSA) is 65.7 Å².